The van der Waals surface area contributed by atoms with E-state index in [1.54, 1.807) is 0 Å². The van der Waals surface area contributed by atoms with Gasteiger partial charge in [-0.3, -0.25) is 4.79 Å². The highest BCUT2D eigenvalue weighted by atomic mass is 16.7. The van der Waals surface area contributed by atoms with Crippen LogP contribution in [0.1, 0.15) is 226 Å². The number of rotatable bonds is 41. The van der Waals surface area contributed by atoms with Crippen molar-refractivity contribution in [1.82, 2.24) is 5.32 Å². The number of aliphatic hydroxyl groups is 5. The Morgan fingerprint density at radius 1 is 0.586 bits per heavy atom. The van der Waals surface area contributed by atoms with Gasteiger partial charge in [-0.05, 0) is 44.9 Å². The third-order valence-electron chi connectivity index (χ3n) is 11.8. The van der Waals surface area contributed by atoms with E-state index in [4.69, 9.17) is 9.47 Å². The molecule has 1 heterocycles. The molecule has 9 nitrogen and oxygen atoms in total. The highest BCUT2D eigenvalue weighted by molar-refractivity contribution is 5.76. The molecule has 1 amide bonds. The Kier molecular flexibility index (Phi) is 37.5. The molecule has 0 aromatic heterocycles. The maximum absolute atomic E-state index is 13.0. The van der Waals surface area contributed by atoms with Gasteiger partial charge in [-0.25, -0.2) is 0 Å². The fourth-order valence-electron chi connectivity index (χ4n) is 7.84. The molecule has 1 aliphatic rings. The van der Waals surface area contributed by atoms with Crippen LogP contribution in [0.15, 0.2) is 24.3 Å². The highest BCUT2D eigenvalue weighted by Crippen LogP contribution is 2.23. The van der Waals surface area contributed by atoms with Crippen molar-refractivity contribution in [2.24, 2.45) is 0 Å². The molecule has 0 aromatic rings. The number of nitrogens with one attached hydrogen (secondary N) is 1. The first kappa shape index (κ1) is 54.7. The fraction of sp³-hybridized carbons (Fsp3) is 0.898. The molecule has 0 bridgehead atoms. The van der Waals surface area contributed by atoms with Gasteiger partial charge in [0, 0.05) is 6.42 Å². The fourth-order valence-corrected chi connectivity index (χ4v) is 7.84. The molecule has 7 unspecified atom stereocenters. The summed E-state index contributed by atoms with van der Waals surface area (Å²) in [5.74, 6) is -0.146. The molecule has 9 heteroatoms. The second kappa shape index (κ2) is 39.8. The molecule has 0 radical (unpaired) electrons. The van der Waals surface area contributed by atoms with Crippen molar-refractivity contribution < 1.29 is 39.8 Å². The van der Waals surface area contributed by atoms with E-state index in [0.29, 0.717) is 12.8 Å². The minimum Gasteiger partial charge on any atom is -0.394 e. The summed E-state index contributed by atoms with van der Waals surface area (Å²) in [6.45, 7) is 3.82. The van der Waals surface area contributed by atoms with Gasteiger partial charge < -0.3 is 40.3 Å². The zero-order chi connectivity index (χ0) is 42.3. The van der Waals surface area contributed by atoms with Gasteiger partial charge in [-0.15, -0.1) is 0 Å². The largest absolute Gasteiger partial charge is 0.394 e. The summed E-state index contributed by atoms with van der Waals surface area (Å²) >= 11 is 0. The lowest BCUT2D eigenvalue weighted by molar-refractivity contribution is -0.302. The quantitative estimate of drug-likeness (QED) is 0.0264. The summed E-state index contributed by atoms with van der Waals surface area (Å²) in [6, 6.07) is -0.717. The predicted molar refractivity (Wildman–Crippen MR) is 240 cm³/mol. The summed E-state index contributed by atoms with van der Waals surface area (Å²) in [6.07, 6.45) is 40.4. The van der Waals surface area contributed by atoms with E-state index in [9.17, 15) is 30.3 Å². The first-order chi connectivity index (χ1) is 28.3. The van der Waals surface area contributed by atoms with E-state index in [2.05, 4.69) is 43.5 Å². The highest BCUT2D eigenvalue weighted by Gasteiger charge is 2.44. The van der Waals surface area contributed by atoms with Gasteiger partial charge >= 0.3 is 0 Å². The average Bonchev–Trinajstić information content (AvgIpc) is 3.22. The maximum atomic E-state index is 13.0. The average molecular weight is 824 g/mol. The smallest absolute Gasteiger partial charge is 0.220 e. The Balaban J connectivity index is 2.24. The van der Waals surface area contributed by atoms with E-state index in [1.165, 1.54) is 154 Å². The molecule has 0 spiro atoms. The van der Waals surface area contributed by atoms with Crippen molar-refractivity contribution in [3.05, 3.63) is 24.3 Å². The van der Waals surface area contributed by atoms with E-state index in [1.807, 2.05) is 0 Å². The minimum atomic E-state index is -1.55. The summed E-state index contributed by atoms with van der Waals surface area (Å²) in [5, 5.41) is 54.4. The van der Waals surface area contributed by atoms with Crippen LogP contribution >= 0.6 is 0 Å². The second-order valence-corrected chi connectivity index (χ2v) is 17.3. The van der Waals surface area contributed by atoms with Crippen LogP contribution in [0.2, 0.25) is 0 Å². The van der Waals surface area contributed by atoms with Crippen LogP contribution in [0.3, 0.4) is 0 Å². The molecular formula is C49H93NO8. The van der Waals surface area contributed by atoms with Gasteiger partial charge in [-0.2, -0.15) is 0 Å². The molecule has 58 heavy (non-hydrogen) atoms. The van der Waals surface area contributed by atoms with Crippen LogP contribution in [-0.4, -0.2) is 87.5 Å². The van der Waals surface area contributed by atoms with Crippen LogP contribution < -0.4 is 5.32 Å². The van der Waals surface area contributed by atoms with Crippen LogP contribution in [0, 0.1) is 0 Å². The van der Waals surface area contributed by atoms with Gasteiger partial charge in [0.25, 0.3) is 0 Å². The van der Waals surface area contributed by atoms with Gasteiger partial charge in [0.05, 0.1) is 25.4 Å². The van der Waals surface area contributed by atoms with E-state index < -0.39 is 49.5 Å². The Hall–Kier alpha value is -1.33. The summed E-state index contributed by atoms with van der Waals surface area (Å²) in [7, 11) is 0. The van der Waals surface area contributed by atoms with Crippen LogP contribution in [0.4, 0.5) is 0 Å². The summed E-state index contributed by atoms with van der Waals surface area (Å²) < 4.78 is 11.3. The molecule has 0 aromatic carbocycles. The lowest BCUT2D eigenvalue weighted by atomic mass is 9.99. The van der Waals surface area contributed by atoms with Crippen LogP contribution in [-0.2, 0) is 14.3 Å². The lowest BCUT2D eigenvalue weighted by Gasteiger charge is -2.40. The van der Waals surface area contributed by atoms with Gasteiger partial charge in [0.2, 0.25) is 5.91 Å². The topological polar surface area (TPSA) is 149 Å². The number of carbonyl (C=O) groups is 1. The molecule has 7 atom stereocenters. The monoisotopic (exact) mass is 824 g/mol. The first-order valence-electron chi connectivity index (χ1n) is 24.5. The molecule has 1 rings (SSSR count). The second-order valence-electron chi connectivity index (χ2n) is 17.3. The molecule has 6 N–H and O–H groups in total. The maximum Gasteiger partial charge on any atom is 0.220 e. The van der Waals surface area contributed by atoms with Crippen molar-refractivity contribution in [2.75, 3.05) is 13.2 Å². The van der Waals surface area contributed by atoms with Crippen molar-refractivity contribution >= 4 is 5.91 Å². The number of hydrogen-bond donors (Lipinski definition) is 6. The van der Waals surface area contributed by atoms with Gasteiger partial charge in [-0.1, -0.05) is 199 Å². The zero-order valence-corrected chi connectivity index (χ0v) is 37.6. The van der Waals surface area contributed by atoms with Crippen molar-refractivity contribution in [3.8, 4) is 0 Å². The Labute approximate surface area is 356 Å². The zero-order valence-electron chi connectivity index (χ0n) is 37.6. The van der Waals surface area contributed by atoms with Gasteiger partial charge in [0.1, 0.15) is 24.4 Å². The number of ether oxygens (including phenoxy) is 2. The number of hydrogen-bond acceptors (Lipinski definition) is 8. The van der Waals surface area contributed by atoms with E-state index >= 15 is 0 Å². The minimum absolute atomic E-state index is 0.137. The van der Waals surface area contributed by atoms with Crippen molar-refractivity contribution in [2.45, 2.75) is 269 Å². The molecule has 1 aliphatic heterocycles. The third-order valence-corrected chi connectivity index (χ3v) is 11.8. The SMILES string of the molecule is CCCCCCC/C=C\C/C=C\CCCCCCCCCCCCCC(=O)NC(COC1OC(CO)C(O)C(O)C1O)C(O)CCCCCCCCCCCCCC. The third kappa shape index (κ3) is 29.8. The number of allylic oxidation sites excluding steroid dienone is 4. The molecule has 342 valence electrons. The molecular weight excluding hydrogens is 731 g/mol. The number of amides is 1. The Morgan fingerprint density at radius 2 is 1.02 bits per heavy atom. The normalized spacial score (nSPS) is 21.0. The van der Waals surface area contributed by atoms with E-state index in [-0.39, 0.29) is 12.5 Å². The Morgan fingerprint density at radius 3 is 1.48 bits per heavy atom. The van der Waals surface area contributed by atoms with Crippen molar-refractivity contribution in [3.63, 3.8) is 0 Å². The number of unbranched alkanes of at least 4 members (excludes halogenated alkanes) is 27. The molecule has 0 aliphatic carbocycles. The van der Waals surface area contributed by atoms with Crippen LogP contribution in [0.5, 0.6) is 0 Å². The molecule has 1 saturated heterocycles. The van der Waals surface area contributed by atoms with Gasteiger partial charge in [0.15, 0.2) is 6.29 Å². The number of aliphatic hydroxyl groups excluding tert-OH is 5. The number of carbonyl (C=O) groups excluding carboxylic acids is 1. The predicted octanol–water partition coefficient (Wildman–Crippen LogP) is 10.7. The Bertz CT molecular complexity index is 961. The molecule has 0 saturated carbocycles. The lowest BCUT2D eigenvalue weighted by Crippen LogP contribution is -2.60. The summed E-state index contributed by atoms with van der Waals surface area (Å²) in [4.78, 5) is 13.0. The standard InChI is InChI=1S/C49H93NO8/c1-3-5-7-9-11-13-15-17-18-19-20-21-22-23-24-25-26-27-29-31-33-35-37-39-45(53)50-42(41-57-49-48(56)47(55)46(54)44(40-51)58-49)43(52)38-36-34-32-30-28-16-14-12-10-8-6-4-2/h15,17,19-20,42-44,46-49,51-52,54-56H,3-14,16,18,21-41H2,1-2H3,(H,50,53)/b17-15-,20-19-. The molecule has 1 fully saturated rings. The van der Waals surface area contributed by atoms with E-state index in [0.717, 1.165) is 44.9 Å². The van der Waals surface area contributed by atoms with Crippen molar-refractivity contribution in [1.29, 1.82) is 0 Å². The summed E-state index contributed by atoms with van der Waals surface area (Å²) in [5.41, 5.74) is 0. The first-order valence-corrected chi connectivity index (χ1v) is 24.5. The van der Waals surface area contributed by atoms with Crippen LogP contribution in [0.25, 0.3) is 0 Å².